The summed E-state index contributed by atoms with van der Waals surface area (Å²) in [6.45, 7) is 3.32. The van der Waals surface area contributed by atoms with Gasteiger partial charge in [-0.05, 0) is 238 Å². The lowest BCUT2D eigenvalue weighted by atomic mass is 9.95. The topological polar surface area (TPSA) is 366 Å². The third-order valence-corrected chi connectivity index (χ3v) is 26.3. The van der Waals surface area contributed by atoms with E-state index in [2.05, 4.69) is 99.6 Å². The highest BCUT2D eigenvalue weighted by Gasteiger charge is 2.46. The number of carbonyl (C=O) groups is 2. The number of nitrogens with zero attached hydrogens (tertiary/aromatic N) is 9. The number of aromatic nitrogens is 12. The van der Waals surface area contributed by atoms with Crippen LogP contribution in [0.25, 0.3) is 67.6 Å². The maximum atomic E-state index is 13.0. The molecule has 5 fully saturated rings. The van der Waals surface area contributed by atoms with Gasteiger partial charge in [-0.25, -0.2) is 33.1 Å². The van der Waals surface area contributed by atoms with Crippen molar-refractivity contribution in [3.05, 3.63) is 356 Å². The van der Waals surface area contributed by atoms with Gasteiger partial charge in [-0.3, -0.25) is 46.4 Å². The lowest BCUT2D eigenvalue weighted by molar-refractivity contribution is 0.0917. The minimum atomic E-state index is -3.52. The fraction of sp³-hybridized carbons (Fsp3) is 0.192. The highest BCUT2D eigenvalue weighted by atomic mass is 35.5. The molecule has 1 saturated heterocycles. The first kappa shape index (κ1) is 84.3. The van der Waals surface area contributed by atoms with Crippen molar-refractivity contribution in [3.8, 4) is 45.0 Å². The molecule has 11 N–H and O–H groups in total. The third-order valence-electron chi connectivity index (χ3n) is 24.5. The zero-order valence-electron chi connectivity index (χ0n) is 70.4. The number of anilines is 9. The van der Waals surface area contributed by atoms with Crippen molar-refractivity contribution < 1.29 is 22.7 Å². The summed E-state index contributed by atoms with van der Waals surface area (Å²) in [6, 6.07) is 67.3. The van der Waals surface area contributed by atoms with Crippen molar-refractivity contribution in [1.82, 2.24) is 72.8 Å². The molecule has 4 aliphatic carbocycles. The summed E-state index contributed by atoms with van der Waals surface area (Å²) in [5.74, 6) is 1.37. The fourth-order valence-electron chi connectivity index (χ4n) is 17.8. The van der Waals surface area contributed by atoms with Crippen molar-refractivity contribution in [2.45, 2.75) is 86.7 Å². The quantitative estimate of drug-likeness (QED) is 0.0318. The first-order valence-electron chi connectivity index (χ1n) is 43.3. The number of pyridine rings is 8. The number of sulfonamides is 1. The number of benzene rings is 5. The number of aromatic amines is 4. The molecule has 22 rings (SSSR count). The van der Waals surface area contributed by atoms with Gasteiger partial charge < -0.3 is 61.5 Å². The van der Waals surface area contributed by atoms with Crippen LogP contribution in [0.1, 0.15) is 90.5 Å². The lowest BCUT2D eigenvalue weighted by Gasteiger charge is -2.29. The van der Waals surface area contributed by atoms with Gasteiger partial charge in [0, 0.05) is 191 Å². The Balaban J connectivity index is 0.000000113. The average Bonchev–Trinajstić information content (AvgIpc) is 1.61. The summed E-state index contributed by atoms with van der Waals surface area (Å²) in [5.41, 5.74) is 19.1. The molecule has 13 heterocycles. The summed E-state index contributed by atoms with van der Waals surface area (Å²) < 4.78 is 41.3. The maximum absolute atomic E-state index is 13.0. The Kier molecular flexibility index (Phi) is 24.0. The first-order chi connectivity index (χ1) is 63.4. The Morgan fingerprint density at radius 3 is 1.25 bits per heavy atom. The molecule has 5 aliphatic rings. The number of fused-ring (bicyclic) bond motifs is 6. The lowest BCUT2D eigenvalue weighted by Crippen LogP contribution is -2.38. The van der Waals surface area contributed by atoms with E-state index in [9.17, 15) is 37.2 Å². The number of amides is 2. The van der Waals surface area contributed by atoms with E-state index in [4.69, 9.17) is 16.3 Å². The Hall–Kier alpha value is -15.2. The average molecular weight is 1770 g/mol. The van der Waals surface area contributed by atoms with Gasteiger partial charge in [0.15, 0.2) is 22.6 Å². The first-order valence-corrected chi connectivity index (χ1v) is 45.1. The van der Waals surface area contributed by atoms with Gasteiger partial charge in [-0.2, -0.15) is 0 Å². The predicted octanol–water partition coefficient (Wildman–Crippen LogP) is 16.8. The second-order valence-electron chi connectivity index (χ2n) is 33.0. The second-order valence-corrected chi connectivity index (χ2v) is 35.2. The molecule has 29 nitrogen and oxygen atoms in total. The number of carbonyl (C=O) groups excluding carboxylic acids is 2. The highest BCUT2D eigenvalue weighted by molar-refractivity contribution is 7.89. The smallest absolute Gasteiger partial charge is 0.251 e. The number of halogens is 1. The number of H-pyrrole nitrogens is 4. The Labute approximate surface area is 750 Å². The van der Waals surface area contributed by atoms with E-state index in [-0.39, 0.29) is 50.5 Å². The maximum Gasteiger partial charge on any atom is 0.251 e. The Morgan fingerprint density at radius 2 is 0.854 bits per heavy atom. The molecule has 0 radical (unpaired) electrons. The molecule has 654 valence electrons. The molecule has 5 aromatic carbocycles. The zero-order chi connectivity index (χ0) is 88.8. The van der Waals surface area contributed by atoms with E-state index in [1.807, 2.05) is 194 Å². The minimum Gasteiger partial charge on any atom is -0.378 e. The molecule has 17 aromatic rings. The Morgan fingerprint density at radius 1 is 0.438 bits per heavy atom. The monoisotopic (exact) mass is 1770 g/mol. The molecule has 130 heavy (non-hydrogen) atoms. The number of ether oxygens (including phenoxy) is 1. The number of hydrogen-bond acceptors (Lipinski definition) is 18. The van der Waals surface area contributed by atoms with E-state index in [1.54, 1.807) is 98.1 Å². The van der Waals surface area contributed by atoms with Crippen molar-refractivity contribution in [2.24, 2.45) is 11.8 Å². The standard InChI is InChI=1S/C28H22ClN5O2.C26H25N5O2.C23H23N5O3S.C22H21N5O2/c29-21-5-3-20(4-6-21)28(12-13-28)33-27(36)18-1-7-22(8-2-18)32-23-9-10-24(34-16-15-31-26(23)34)19-11-14-30-25(35)17-19;32-24-15-19(9-10-27-24)23-8-7-21(25-28-11-12-31(23)25)29-20-5-3-17(4-6-20)26(33)30-22-14-16-1-2-18(22)13-16;29-22-15-16(11-12-24-22)21-10-9-20(23-25-13-14-28(21)23)26-17-5-7-19(8-6-17)32(30,31)27-18-3-1-2-4-18;28-21-14-16(6-7-23-21)20-5-4-19(22-24-8-9-27(20)22)25-17-2-1-3-18(15-17)26-10-12-29-13-11-26/h1-11,14-17,32H,12-13H2,(H,30,35)(H,33,36);3-12,15-16,18,22,29H,1-2,13-14H2,(H,27,32)(H,30,33);5-15,18,26-27H,1-4H2,(H,24,29);1-9,14-15,25H,10-13H2,(H,23,28)/t;16-,18+,22+;;/m.0../s1. The van der Waals surface area contributed by atoms with E-state index < -0.39 is 10.0 Å². The van der Waals surface area contributed by atoms with Crippen LogP contribution in [-0.4, -0.2) is 116 Å². The van der Waals surface area contributed by atoms with Crippen LogP contribution in [-0.2, 0) is 20.3 Å². The van der Waals surface area contributed by atoms with Crippen LogP contribution in [0.4, 0.5) is 51.2 Å². The van der Waals surface area contributed by atoms with Crippen LogP contribution in [0.5, 0.6) is 0 Å². The molecule has 2 bridgehead atoms. The van der Waals surface area contributed by atoms with Gasteiger partial charge in [0.25, 0.3) is 11.8 Å². The van der Waals surface area contributed by atoms with Gasteiger partial charge in [-0.15, -0.1) is 0 Å². The number of hydrogen-bond donors (Lipinski definition) is 11. The summed E-state index contributed by atoms with van der Waals surface area (Å²) in [6.07, 6.45) is 31.7. The SMILES string of the molecule is O=C(NC1(c2ccc(Cl)cc2)CC1)c1ccc(Nc2ccc(-c3cc[nH]c(=O)c3)n3ccnc23)cc1.O=C(N[C@@H]1C[C@H]2CC[C@@H]1C2)c1ccc(Nc2ccc(-c3cc[nH]c(=O)c3)n3ccnc23)cc1.O=c1cc(-c2ccc(Nc3ccc(S(=O)(=O)NC4CCCC4)cc3)c3nccn23)cc[nH]1.O=c1cc(-c2ccc(Nc3cccc(N4CCOCC4)c3)c3nccn23)cc[nH]1. The molecule has 0 spiro atoms. The number of nitrogens with one attached hydrogen (secondary N) is 11. The zero-order valence-corrected chi connectivity index (χ0v) is 72.0. The largest absolute Gasteiger partial charge is 0.378 e. The molecular formula is C99H91ClN20O9S. The fourth-order valence-corrected chi connectivity index (χ4v) is 19.3. The molecule has 0 unspecified atom stereocenters. The van der Waals surface area contributed by atoms with E-state index in [0.29, 0.717) is 33.8 Å². The molecular weight excluding hydrogens is 1680 g/mol. The second kappa shape index (κ2) is 37.0. The predicted molar refractivity (Wildman–Crippen MR) is 506 cm³/mol. The van der Waals surface area contributed by atoms with Gasteiger partial charge in [0.1, 0.15) is 0 Å². The third kappa shape index (κ3) is 18.8. The molecule has 12 aromatic heterocycles. The van der Waals surface area contributed by atoms with Gasteiger partial charge in [-0.1, -0.05) is 49.1 Å². The van der Waals surface area contributed by atoms with Gasteiger partial charge in [0.2, 0.25) is 32.3 Å². The van der Waals surface area contributed by atoms with Crippen molar-refractivity contribution in [1.29, 1.82) is 0 Å². The van der Waals surface area contributed by atoms with E-state index >= 15 is 0 Å². The summed E-state index contributed by atoms with van der Waals surface area (Å²) in [4.78, 5) is 104. The number of rotatable bonds is 21. The van der Waals surface area contributed by atoms with Crippen LogP contribution < -0.4 is 63.8 Å². The van der Waals surface area contributed by atoms with Crippen LogP contribution in [0.15, 0.2) is 317 Å². The molecule has 3 atom stereocenters. The summed E-state index contributed by atoms with van der Waals surface area (Å²) in [7, 11) is -3.52. The molecule has 4 saturated carbocycles. The van der Waals surface area contributed by atoms with Crippen molar-refractivity contribution in [2.75, 3.05) is 52.5 Å². The highest BCUT2D eigenvalue weighted by Crippen LogP contribution is 2.47. The Bertz CT molecular complexity index is 7400. The minimum absolute atomic E-state index is 0.0111. The van der Waals surface area contributed by atoms with Crippen LogP contribution in [0.2, 0.25) is 5.02 Å². The normalized spacial score (nSPS) is 16.1. The molecule has 2 amide bonds. The van der Waals surface area contributed by atoms with E-state index in [1.165, 1.54) is 24.9 Å². The van der Waals surface area contributed by atoms with Gasteiger partial charge >= 0.3 is 0 Å². The van der Waals surface area contributed by atoms with Crippen molar-refractivity contribution >= 4 is 107 Å². The number of imidazole rings is 4. The number of morpholine rings is 1. The molecule has 31 heteroatoms. The summed E-state index contributed by atoms with van der Waals surface area (Å²) >= 11 is 6.01. The van der Waals surface area contributed by atoms with Crippen LogP contribution in [0.3, 0.4) is 0 Å². The van der Waals surface area contributed by atoms with Gasteiger partial charge in [0.05, 0.1) is 69.2 Å². The van der Waals surface area contributed by atoms with Crippen LogP contribution >= 0.6 is 11.6 Å². The van der Waals surface area contributed by atoms with Crippen LogP contribution in [0, 0.1) is 11.8 Å². The molecule has 1 aliphatic heterocycles. The summed E-state index contributed by atoms with van der Waals surface area (Å²) in [5, 5.41) is 20.7. The van der Waals surface area contributed by atoms with E-state index in [0.717, 1.165) is 190 Å². The van der Waals surface area contributed by atoms with Crippen molar-refractivity contribution in [3.63, 3.8) is 0 Å².